The van der Waals surface area contributed by atoms with E-state index in [2.05, 4.69) is 31.2 Å². The lowest BCUT2D eigenvalue weighted by molar-refractivity contribution is 0.223. The van der Waals surface area contributed by atoms with E-state index in [9.17, 15) is 0 Å². The number of ether oxygens (including phenoxy) is 2. The summed E-state index contributed by atoms with van der Waals surface area (Å²) in [7, 11) is 3.67. The molecule has 1 unspecified atom stereocenters. The highest BCUT2D eigenvalue weighted by molar-refractivity contribution is 5.80. The Balaban J connectivity index is 1.60. The number of fused-ring (bicyclic) bond motifs is 1. The Morgan fingerprint density at radius 1 is 1.14 bits per heavy atom. The molecule has 7 nitrogen and oxygen atoms in total. The summed E-state index contributed by atoms with van der Waals surface area (Å²) in [5, 5.41) is 6.61. The zero-order chi connectivity index (χ0) is 20.6. The number of nitrogens with zero attached hydrogens (tertiary/aromatic N) is 3. The van der Waals surface area contributed by atoms with Gasteiger partial charge in [-0.25, -0.2) is 9.98 Å². The van der Waals surface area contributed by atoms with Crippen LogP contribution in [0.2, 0.25) is 0 Å². The molecule has 0 aliphatic rings. The Morgan fingerprint density at radius 3 is 2.69 bits per heavy atom. The van der Waals surface area contributed by atoms with Crippen LogP contribution in [0.25, 0.3) is 11.0 Å². The Hall–Kier alpha value is -3.22. The molecule has 1 heterocycles. The first kappa shape index (κ1) is 20.5. The van der Waals surface area contributed by atoms with Gasteiger partial charge in [-0.1, -0.05) is 18.2 Å². The predicted molar refractivity (Wildman–Crippen MR) is 117 cm³/mol. The summed E-state index contributed by atoms with van der Waals surface area (Å²) in [4.78, 5) is 9.36. The molecule has 3 aromatic rings. The van der Waals surface area contributed by atoms with Gasteiger partial charge in [0.25, 0.3) is 0 Å². The molecule has 0 saturated carbocycles. The van der Waals surface area contributed by atoms with E-state index in [1.165, 1.54) is 0 Å². The highest BCUT2D eigenvalue weighted by Gasteiger charge is 2.09. The number of para-hydroxylation sites is 2. The minimum atomic E-state index is -0.0401. The van der Waals surface area contributed by atoms with Crippen LogP contribution in [-0.4, -0.2) is 41.8 Å². The Morgan fingerprint density at radius 2 is 1.93 bits per heavy atom. The maximum absolute atomic E-state index is 5.97. The third kappa shape index (κ3) is 5.40. The number of aryl methyl sites for hydroxylation is 1. The van der Waals surface area contributed by atoms with Crippen molar-refractivity contribution in [3.8, 4) is 11.5 Å². The molecule has 0 spiro atoms. The summed E-state index contributed by atoms with van der Waals surface area (Å²) < 4.78 is 13.3. The molecule has 29 heavy (non-hydrogen) atoms. The Bertz CT molecular complexity index is 967. The van der Waals surface area contributed by atoms with Gasteiger partial charge in [-0.3, -0.25) is 0 Å². The fraction of sp³-hybridized carbons (Fsp3) is 0.364. The second-order valence-corrected chi connectivity index (χ2v) is 6.76. The quantitative estimate of drug-likeness (QED) is 0.453. The first-order chi connectivity index (χ1) is 14.1. The summed E-state index contributed by atoms with van der Waals surface area (Å²) in [5.41, 5.74) is 2.09. The van der Waals surface area contributed by atoms with Crippen molar-refractivity contribution in [1.82, 2.24) is 20.2 Å². The lowest BCUT2D eigenvalue weighted by Crippen LogP contribution is -2.41. The standard InChI is InChI=1S/C22H29N5O2/c1-5-23-22(24-14-16(2)29-18-10-8-9-17(13-18)28-4)25-15-21-26-19-11-6-7-12-20(19)27(21)3/h6-13,16H,5,14-15H2,1-4H3,(H2,23,24,25). The molecule has 1 aromatic heterocycles. The Labute approximate surface area is 171 Å². The van der Waals surface area contributed by atoms with Crippen molar-refractivity contribution < 1.29 is 9.47 Å². The topological polar surface area (TPSA) is 72.7 Å². The maximum Gasteiger partial charge on any atom is 0.191 e. The lowest BCUT2D eigenvalue weighted by Gasteiger charge is -2.18. The average molecular weight is 396 g/mol. The number of benzene rings is 2. The first-order valence-electron chi connectivity index (χ1n) is 9.84. The highest BCUT2D eigenvalue weighted by atomic mass is 16.5. The fourth-order valence-electron chi connectivity index (χ4n) is 3.02. The van der Waals surface area contributed by atoms with Gasteiger partial charge in [0.1, 0.15) is 30.0 Å². The predicted octanol–water partition coefficient (Wildman–Crippen LogP) is 3.10. The zero-order valence-electron chi connectivity index (χ0n) is 17.5. The van der Waals surface area contributed by atoms with Crippen molar-refractivity contribution in [2.24, 2.45) is 12.0 Å². The molecule has 2 aromatic carbocycles. The summed E-state index contributed by atoms with van der Waals surface area (Å²) in [6, 6.07) is 15.7. The van der Waals surface area contributed by atoms with Crippen LogP contribution in [-0.2, 0) is 13.6 Å². The fourth-order valence-corrected chi connectivity index (χ4v) is 3.02. The summed E-state index contributed by atoms with van der Waals surface area (Å²) in [5.74, 6) is 3.21. The van der Waals surface area contributed by atoms with Crippen LogP contribution in [0.3, 0.4) is 0 Å². The van der Waals surface area contributed by atoms with E-state index in [0.717, 1.165) is 40.9 Å². The summed E-state index contributed by atoms with van der Waals surface area (Å²) in [6.07, 6.45) is -0.0401. The number of hydrogen-bond acceptors (Lipinski definition) is 4. The van der Waals surface area contributed by atoms with E-state index in [1.54, 1.807) is 7.11 Å². The molecule has 0 aliphatic carbocycles. The Kier molecular flexibility index (Phi) is 6.94. The molecule has 1 atom stereocenters. The van der Waals surface area contributed by atoms with Crippen molar-refractivity contribution in [2.75, 3.05) is 20.2 Å². The van der Waals surface area contributed by atoms with E-state index in [-0.39, 0.29) is 6.10 Å². The monoisotopic (exact) mass is 395 g/mol. The van der Waals surface area contributed by atoms with E-state index >= 15 is 0 Å². The van der Waals surface area contributed by atoms with Crippen molar-refractivity contribution in [1.29, 1.82) is 0 Å². The third-order valence-corrected chi connectivity index (χ3v) is 4.54. The van der Waals surface area contributed by atoms with Gasteiger partial charge in [-0.2, -0.15) is 0 Å². The van der Waals surface area contributed by atoms with Crippen LogP contribution in [0.4, 0.5) is 0 Å². The number of aromatic nitrogens is 2. The average Bonchev–Trinajstić information content (AvgIpc) is 3.06. The summed E-state index contributed by atoms with van der Waals surface area (Å²) in [6.45, 7) is 5.95. The highest BCUT2D eigenvalue weighted by Crippen LogP contribution is 2.19. The second-order valence-electron chi connectivity index (χ2n) is 6.76. The minimum Gasteiger partial charge on any atom is -0.497 e. The van der Waals surface area contributed by atoms with Crippen LogP contribution in [0.5, 0.6) is 11.5 Å². The molecule has 0 amide bonds. The number of rotatable bonds is 8. The molecular weight excluding hydrogens is 366 g/mol. The van der Waals surface area contributed by atoms with Crippen molar-refractivity contribution in [2.45, 2.75) is 26.5 Å². The molecule has 154 valence electrons. The molecule has 0 saturated heterocycles. The molecule has 7 heteroatoms. The zero-order valence-corrected chi connectivity index (χ0v) is 17.5. The van der Waals surface area contributed by atoms with E-state index in [0.29, 0.717) is 13.1 Å². The van der Waals surface area contributed by atoms with Crippen LogP contribution in [0.1, 0.15) is 19.7 Å². The number of hydrogen-bond donors (Lipinski definition) is 2. The van der Waals surface area contributed by atoms with E-state index < -0.39 is 0 Å². The van der Waals surface area contributed by atoms with Gasteiger partial charge in [-0.15, -0.1) is 0 Å². The molecule has 0 bridgehead atoms. The number of imidazole rings is 1. The van der Waals surface area contributed by atoms with Crippen molar-refractivity contribution in [3.05, 3.63) is 54.4 Å². The largest absolute Gasteiger partial charge is 0.497 e. The third-order valence-electron chi connectivity index (χ3n) is 4.54. The van der Waals surface area contributed by atoms with Gasteiger partial charge in [0.15, 0.2) is 5.96 Å². The lowest BCUT2D eigenvalue weighted by atomic mass is 10.3. The van der Waals surface area contributed by atoms with E-state index in [4.69, 9.17) is 9.47 Å². The minimum absolute atomic E-state index is 0.0401. The number of guanidine groups is 1. The van der Waals surface area contributed by atoms with Crippen LogP contribution >= 0.6 is 0 Å². The molecule has 3 rings (SSSR count). The number of methoxy groups -OCH3 is 1. The summed E-state index contributed by atoms with van der Waals surface area (Å²) >= 11 is 0. The molecule has 0 aliphatic heterocycles. The molecule has 2 N–H and O–H groups in total. The second kappa shape index (κ2) is 9.82. The van der Waals surface area contributed by atoms with Gasteiger partial charge in [0.2, 0.25) is 0 Å². The SMILES string of the molecule is CCNC(=NCc1nc2ccccc2n1C)NCC(C)Oc1cccc(OC)c1. The van der Waals surface area contributed by atoms with Gasteiger partial charge in [0.05, 0.1) is 24.7 Å². The van der Waals surface area contributed by atoms with Crippen LogP contribution in [0, 0.1) is 0 Å². The number of aliphatic imine (C=N–C) groups is 1. The van der Waals surface area contributed by atoms with Crippen LogP contribution in [0.15, 0.2) is 53.5 Å². The normalized spacial score (nSPS) is 12.6. The maximum atomic E-state index is 5.97. The van der Waals surface area contributed by atoms with Gasteiger partial charge in [0, 0.05) is 19.7 Å². The first-order valence-corrected chi connectivity index (χ1v) is 9.84. The number of nitrogens with one attached hydrogen (secondary N) is 2. The molecule has 0 fully saturated rings. The van der Waals surface area contributed by atoms with Crippen molar-refractivity contribution in [3.63, 3.8) is 0 Å². The van der Waals surface area contributed by atoms with Gasteiger partial charge >= 0.3 is 0 Å². The van der Waals surface area contributed by atoms with E-state index in [1.807, 2.05) is 63.4 Å². The molecule has 0 radical (unpaired) electrons. The van der Waals surface area contributed by atoms with Gasteiger partial charge < -0.3 is 24.7 Å². The van der Waals surface area contributed by atoms with Crippen molar-refractivity contribution >= 4 is 17.0 Å². The van der Waals surface area contributed by atoms with Crippen LogP contribution < -0.4 is 20.1 Å². The molecular formula is C22H29N5O2. The smallest absolute Gasteiger partial charge is 0.191 e. The van der Waals surface area contributed by atoms with Gasteiger partial charge in [-0.05, 0) is 38.1 Å².